The van der Waals surface area contributed by atoms with Crippen LogP contribution in [0.2, 0.25) is 0 Å². The Kier molecular flexibility index (Phi) is 2.46. The summed E-state index contributed by atoms with van der Waals surface area (Å²) in [6.45, 7) is 4.46. The maximum absolute atomic E-state index is 3.78. The van der Waals surface area contributed by atoms with Crippen molar-refractivity contribution in [3.8, 4) is 0 Å². The van der Waals surface area contributed by atoms with Gasteiger partial charge in [-0.05, 0) is 30.7 Å². The third-order valence-electron chi connectivity index (χ3n) is 2.94. The molecule has 0 bridgehead atoms. The number of halogens is 1. The Morgan fingerprint density at radius 3 is 2.31 bits per heavy atom. The van der Waals surface area contributed by atoms with Gasteiger partial charge < -0.3 is 0 Å². The van der Waals surface area contributed by atoms with Gasteiger partial charge in [-0.3, -0.25) is 0 Å². The minimum atomic E-state index is 0.572. The maximum Gasteiger partial charge on any atom is 0.0426 e. The topological polar surface area (TPSA) is 0 Å². The van der Waals surface area contributed by atoms with Gasteiger partial charge in [0.05, 0.1) is 0 Å². The lowest BCUT2D eigenvalue weighted by Crippen LogP contribution is -1.93. The first-order valence-electron chi connectivity index (χ1n) is 4.89. The van der Waals surface area contributed by atoms with Crippen molar-refractivity contribution in [3.63, 3.8) is 0 Å². The predicted molar refractivity (Wildman–Crippen MR) is 60.1 cm³/mol. The average molecular weight is 239 g/mol. The minimum Gasteiger partial charge on any atom is -0.0836 e. The van der Waals surface area contributed by atoms with Crippen LogP contribution in [0.4, 0.5) is 0 Å². The second kappa shape index (κ2) is 3.45. The fourth-order valence-electron chi connectivity index (χ4n) is 1.76. The Morgan fingerprint density at radius 2 is 1.85 bits per heavy atom. The van der Waals surface area contributed by atoms with Crippen LogP contribution in [-0.4, -0.2) is 0 Å². The molecule has 0 aromatic heterocycles. The highest BCUT2D eigenvalue weighted by molar-refractivity contribution is 9.09. The van der Waals surface area contributed by atoms with E-state index in [1.807, 2.05) is 0 Å². The lowest BCUT2D eigenvalue weighted by molar-refractivity contribution is 0.740. The van der Waals surface area contributed by atoms with E-state index in [0.717, 1.165) is 11.8 Å². The summed E-state index contributed by atoms with van der Waals surface area (Å²) in [5, 5.41) is 0. The number of hydrogen-bond acceptors (Lipinski definition) is 0. The fraction of sp³-hybridized carbons (Fsp3) is 0.500. The zero-order chi connectivity index (χ0) is 9.42. The molecule has 2 rings (SSSR count). The summed E-state index contributed by atoms with van der Waals surface area (Å²) in [7, 11) is 0. The molecule has 0 N–H and O–H groups in total. The molecule has 1 aliphatic carbocycles. The summed E-state index contributed by atoms with van der Waals surface area (Å²) in [5.41, 5.74) is 2.77. The molecule has 0 amide bonds. The van der Waals surface area contributed by atoms with Gasteiger partial charge in [-0.25, -0.2) is 0 Å². The summed E-state index contributed by atoms with van der Waals surface area (Å²) in [6, 6.07) is 8.85. The normalized spacial score (nSPS) is 28.5. The molecule has 70 valence electrons. The Balaban J connectivity index is 2.12. The molecule has 0 heterocycles. The maximum atomic E-state index is 3.78. The van der Waals surface area contributed by atoms with Crippen LogP contribution in [0.5, 0.6) is 0 Å². The minimum absolute atomic E-state index is 0.572. The summed E-state index contributed by atoms with van der Waals surface area (Å²) >= 11 is 3.78. The Labute approximate surface area is 88.5 Å². The van der Waals surface area contributed by atoms with Crippen LogP contribution < -0.4 is 0 Å². The predicted octanol–water partition coefficient (Wildman–Crippen LogP) is 4.09. The number of hydrogen-bond donors (Lipinski definition) is 0. The van der Waals surface area contributed by atoms with Crippen LogP contribution >= 0.6 is 15.9 Å². The van der Waals surface area contributed by atoms with Crippen molar-refractivity contribution >= 4 is 15.9 Å². The van der Waals surface area contributed by atoms with E-state index < -0.39 is 0 Å². The van der Waals surface area contributed by atoms with Crippen molar-refractivity contribution < 1.29 is 0 Å². The molecule has 3 atom stereocenters. The molecule has 1 aromatic carbocycles. The van der Waals surface area contributed by atoms with Gasteiger partial charge in [0.2, 0.25) is 0 Å². The monoisotopic (exact) mass is 238 g/mol. The van der Waals surface area contributed by atoms with E-state index >= 15 is 0 Å². The molecule has 1 aromatic rings. The second-order valence-electron chi connectivity index (χ2n) is 4.19. The van der Waals surface area contributed by atoms with E-state index in [4.69, 9.17) is 0 Å². The van der Waals surface area contributed by atoms with Crippen molar-refractivity contribution in [3.05, 3.63) is 35.4 Å². The van der Waals surface area contributed by atoms with E-state index in [-0.39, 0.29) is 0 Å². The first kappa shape index (κ1) is 9.26. The summed E-state index contributed by atoms with van der Waals surface area (Å²) < 4.78 is 0. The van der Waals surface area contributed by atoms with Gasteiger partial charge in [-0.2, -0.15) is 0 Å². The number of rotatable bonds is 2. The second-order valence-corrected chi connectivity index (χ2v) is 5.18. The standard InChI is InChI=1S/C12H15Br/c1-8-3-5-10(6-4-8)12(13)11-7-9(11)2/h3-6,9,11-12H,7H2,1-2H3. The highest BCUT2D eigenvalue weighted by atomic mass is 79.9. The van der Waals surface area contributed by atoms with Crippen molar-refractivity contribution in [2.24, 2.45) is 11.8 Å². The zero-order valence-corrected chi connectivity index (χ0v) is 9.71. The van der Waals surface area contributed by atoms with Gasteiger partial charge in [0.25, 0.3) is 0 Å². The molecule has 0 nitrogen and oxygen atoms in total. The van der Waals surface area contributed by atoms with Gasteiger partial charge in [-0.15, -0.1) is 0 Å². The Morgan fingerprint density at radius 1 is 1.31 bits per heavy atom. The number of alkyl halides is 1. The number of aryl methyl sites for hydroxylation is 1. The van der Waals surface area contributed by atoms with E-state index in [1.54, 1.807) is 0 Å². The van der Waals surface area contributed by atoms with Gasteiger partial charge in [-0.1, -0.05) is 52.7 Å². The van der Waals surface area contributed by atoms with Crippen LogP contribution in [0.1, 0.15) is 29.3 Å². The SMILES string of the molecule is Cc1ccc(C(Br)C2CC2C)cc1. The molecular weight excluding hydrogens is 224 g/mol. The molecule has 3 unspecified atom stereocenters. The van der Waals surface area contributed by atoms with Crippen molar-refractivity contribution in [1.29, 1.82) is 0 Å². The lowest BCUT2D eigenvalue weighted by Gasteiger charge is -2.09. The molecule has 0 saturated heterocycles. The van der Waals surface area contributed by atoms with Crippen LogP contribution in [0.3, 0.4) is 0 Å². The highest BCUT2D eigenvalue weighted by Gasteiger charge is 2.38. The van der Waals surface area contributed by atoms with Gasteiger partial charge in [0, 0.05) is 4.83 Å². The molecule has 0 spiro atoms. The fourth-order valence-corrected chi connectivity index (χ4v) is 2.80. The third kappa shape index (κ3) is 1.96. The molecule has 0 radical (unpaired) electrons. The zero-order valence-electron chi connectivity index (χ0n) is 8.13. The van der Waals surface area contributed by atoms with Crippen LogP contribution in [0.15, 0.2) is 24.3 Å². The third-order valence-corrected chi connectivity index (χ3v) is 4.15. The smallest absolute Gasteiger partial charge is 0.0426 e. The van der Waals surface area contributed by atoms with E-state index in [0.29, 0.717) is 4.83 Å². The summed E-state index contributed by atoms with van der Waals surface area (Å²) in [6.07, 6.45) is 1.38. The largest absolute Gasteiger partial charge is 0.0836 e. The van der Waals surface area contributed by atoms with E-state index in [1.165, 1.54) is 17.5 Å². The van der Waals surface area contributed by atoms with Gasteiger partial charge in [0.1, 0.15) is 0 Å². The Hall–Kier alpha value is -0.300. The first-order valence-corrected chi connectivity index (χ1v) is 5.80. The number of benzene rings is 1. The molecule has 1 aliphatic rings. The average Bonchev–Trinajstić information content (AvgIpc) is 2.83. The Bertz CT molecular complexity index is 288. The lowest BCUT2D eigenvalue weighted by atomic mass is 10.1. The van der Waals surface area contributed by atoms with Crippen LogP contribution in [-0.2, 0) is 0 Å². The van der Waals surface area contributed by atoms with Crippen molar-refractivity contribution in [1.82, 2.24) is 0 Å². The summed E-state index contributed by atoms with van der Waals surface area (Å²) in [5.74, 6) is 1.77. The van der Waals surface area contributed by atoms with Crippen LogP contribution in [0.25, 0.3) is 0 Å². The van der Waals surface area contributed by atoms with E-state index in [2.05, 4.69) is 54.0 Å². The molecule has 1 fully saturated rings. The quantitative estimate of drug-likeness (QED) is 0.682. The highest BCUT2D eigenvalue weighted by Crippen LogP contribution is 2.51. The molecule has 1 heteroatoms. The van der Waals surface area contributed by atoms with Crippen LogP contribution in [0, 0.1) is 18.8 Å². The first-order chi connectivity index (χ1) is 6.18. The molecule has 1 saturated carbocycles. The molecule has 13 heavy (non-hydrogen) atoms. The van der Waals surface area contributed by atoms with Crippen molar-refractivity contribution in [2.75, 3.05) is 0 Å². The van der Waals surface area contributed by atoms with Gasteiger partial charge >= 0.3 is 0 Å². The summed E-state index contributed by atoms with van der Waals surface area (Å²) in [4.78, 5) is 0.572. The van der Waals surface area contributed by atoms with Gasteiger partial charge in [0.15, 0.2) is 0 Å². The van der Waals surface area contributed by atoms with E-state index in [9.17, 15) is 0 Å². The molecular formula is C12H15Br. The molecule has 0 aliphatic heterocycles. The van der Waals surface area contributed by atoms with Crippen molar-refractivity contribution in [2.45, 2.75) is 25.1 Å².